The van der Waals surface area contributed by atoms with Crippen molar-refractivity contribution in [2.24, 2.45) is 0 Å². The number of urea groups is 1. The van der Waals surface area contributed by atoms with Crippen molar-refractivity contribution < 1.29 is 19.4 Å². The number of amides is 2. The van der Waals surface area contributed by atoms with Gasteiger partial charge < -0.3 is 20.5 Å². The fourth-order valence-electron chi connectivity index (χ4n) is 1.40. The Morgan fingerprint density at radius 1 is 1.47 bits per heavy atom. The van der Waals surface area contributed by atoms with Gasteiger partial charge in [-0.15, -0.1) is 0 Å². The second kappa shape index (κ2) is 7.10. The van der Waals surface area contributed by atoms with Crippen LogP contribution in [0.1, 0.15) is 5.56 Å². The molecule has 1 unspecified atom stereocenters. The highest BCUT2D eigenvalue weighted by Gasteiger charge is 2.19. The summed E-state index contributed by atoms with van der Waals surface area (Å²) in [4.78, 5) is 22.6. The predicted octanol–water partition coefficient (Wildman–Crippen LogP) is 1.98. The third kappa shape index (κ3) is 4.53. The van der Waals surface area contributed by atoms with E-state index in [9.17, 15) is 9.59 Å². The average molecular weight is 331 g/mol. The molecule has 6 nitrogen and oxygen atoms in total. The monoisotopic (exact) mass is 330 g/mol. The lowest BCUT2D eigenvalue weighted by Gasteiger charge is -2.15. The number of anilines is 1. The second-order valence-corrected chi connectivity index (χ2v) is 4.71. The minimum atomic E-state index is -1.15. The molecule has 1 rings (SSSR count). The maximum absolute atomic E-state index is 11.7. The minimum Gasteiger partial charge on any atom is -0.480 e. The number of aliphatic carboxylic acids is 1. The quantitative estimate of drug-likeness (QED) is 0.770. The van der Waals surface area contributed by atoms with Crippen LogP contribution in [0.15, 0.2) is 22.7 Å². The summed E-state index contributed by atoms with van der Waals surface area (Å²) in [5, 5.41) is 13.8. The molecule has 0 fully saturated rings. The van der Waals surface area contributed by atoms with Crippen LogP contribution in [0.2, 0.25) is 0 Å². The first-order valence-corrected chi connectivity index (χ1v) is 6.29. The van der Waals surface area contributed by atoms with Gasteiger partial charge in [0.2, 0.25) is 0 Å². The highest BCUT2D eigenvalue weighted by molar-refractivity contribution is 9.10. The molecule has 0 aliphatic heterocycles. The third-order valence-electron chi connectivity index (χ3n) is 2.45. The fraction of sp³-hybridized carbons (Fsp3) is 0.333. The number of methoxy groups -OCH3 is 1. The van der Waals surface area contributed by atoms with Crippen molar-refractivity contribution in [2.45, 2.75) is 13.0 Å². The second-order valence-electron chi connectivity index (χ2n) is 3.86. The van der Waals surface area contributed by atoms with Crippen LogP contribution < -0.4 is 10.6 Å². The largest absolute Gasteiger partial charge is 0.480 e. The number of carbonyl (C=O) groups is 2. The van der Waals surface area contributed by atoms with Crippen LogP contribution in [-0.2, 0) is 9.53 Å². The summed E-state index contributed by atoms with van der Waals surface area (Å²) in [6, 6.07) is 3.68. The van der Waals surface area contributed by atoms with Crippen molar-refractivity contribution in [3.05, 3.63) is 28.2 Å². The molecule has 0 saturated heterocycles. The zero-order chi connectivity index (χ0) is 14.4. The Kier molecular flexibility index (Phi) is 5.78. The first-order valence-electron chi connectivity index (χ1n) is 5.50. The number of carboxylic acid groups (broad SMARTS) is 1. The molecule has 19 heavy (non-hydrogen) atoms. The first kappa shape index (κ1) is 15.5. The lowest BCUT2D eigenvalue weighted by molar-refractivity contribution is -0.140. The Balaban J connectivity index is 2.69. The molecule has 0 spiro atoms. The molecule has 1 aromatic carbocycles. The van der Waals surface area contributed by atoms with E-state index in [1.165, 1.54) is 7.11 Å². The van der Waals surface area contributed by atoms with E-state index in [0.29, 0.717) is 5.69 Å². The molecular formula is C12H15BrN2O4. The van der Waals surface area contributed by atoms with Crippen LogP contribution in [-0.4, -0.2) is 36.9 Å². The molecule has 1 atom stereocenters. The minimum absolute atomic E-state index is 0.0970. The number of halogens is 1. The fourth-order valence-corrected chi connectivity index (χ4v) is 1.77. The highest BCUT2D eigenvalue weighted by Crippen LogP contribution is 2.23. The van der Waals surface area contributed by atoms with Crippen LogP contribution in [0.3, 0.4) is 0 Å². The zero-order valence-corrected chi connectivity index (χ0v) is 12.2. The van der Waals surface area contributed by atoms with Gasteiger partial charge in [0.1, 0.15) is 0 Å². The topological polar surface area (TPSA) is 87.7 Å². The van der Waals surface area contributed by atoms with Crippen molar-refractivity contribution in [3.8, 4) is 0 Å². The molecule has 3 N–H and O–H groups in total. The highest BCUT2D eigenvalue weighted by atomic mass is 79.9. The van der Waals surface area contributed by atoms with Crippen molar-refractivity contribution in [1.82, 2.24) is 5.32 Å². The number of ether oxygens (including phenoxy) is 1. The summed E-state index contributed by atoms with van der Waals surface area (Å²) in [6.45, 7) is 1.74. The lowest BCUT2D eigenvalue weighted by Crippen LogP contribution is -2.45. The van der Waals surface area contributed by atoms with E-state index in [0.717, 1.165) is 10.0 Å². The number of nitrogens with one attached hydrogen (secondary N) is 2. The first-order chi connectivity index (χ1) is 8.95. The van der Waals surface area contributed by atoms with Crippen LogP contribution in [0, 0.1) is 6.92 Å². The Morgan fingerprint density at radius 3 is 2.74 bits per heavy atom. The summed E-state index contributed by atoms with van der Waals surface area (Å²) in [6.07, 6.45) is 0. The predicted molar refractivity (Wildman–Crippen MR) is 74.3 cm³/mol. The molecule has 0 bridgehead atoms. The van der Waals surface area contributed by atoms with E-state index in [4.69, 9.17) is 9.84 Å². The maximum atomic E-state index is 11.7. The van der Waals surface area contributed by atoms with E-state index in [1.54, 1.807) is 12.1 Å². The molecule has 0 aliphatic rings. The summed E-state index contributed by atoms with van der Waals surface area (Å²) >= 11 is 3.35. The summed E-state index contributed by atoms with van der Waals surface area (Å²) in [5.74, 6) is -1.15. The molecule has 104 valence electrons. The van der Waals surface area contributed by atoms with Crippen molar-refractivity contribution in [2.75, 3.05) is 19.0 Å². The number of hydrogen-bond acceptors (Lipinski definition) is 3. The lowest BCUT2D eigenvalue weighted by atomic mass is 10.2. The van der Waals surface area contributed by atoms with Gasteiger partial charge >= 0.3 is 12.0 Å². The van der Waals surface area contributed by atoms with Crippen LogP contribution in [0.25, 0.3) is 0 Å². The molecule has 0 aliphatic carbocycles. The molecule has 2 amide bonds. The Bertz CT molecular complexity index is 479. The van der Waals surface area contributed by atoms with Crippen molar-refractivity contribution >= 4 is 33.6 Å². The average Bonchev–Trinajstić information content (AvgIpc) is 2.34. The number of carbonyl (C=O) groups excluding carboxylic acids is 1. The van der Waals surface area contributed by atoms with E-state index in [-0.39, 0.29) is 6.61 Å². The van der Waals surface area contributed by atoms with E-state index < -0.39 is 18.0 Å². The van der Waals surface area contributed by atoms with Crippen LogP contribution in [0.4, 0.5) is 10.5 Å². The Labute approximate surface area is 119 Å². The summed E-state index contributed by atoms with van der Waals surface area (Å²) < 4.78 is 5.59. The van der Waals surface area contributed by atoms with Crippen LogP contribution >= 0.6 is 15.9 Å². The maximum Gasteiger partial charge on any atom is 0.328 e. The van der Waals surface area contributed by atoms with E-state index >= 15 is 0 Å². The Morgan fingerprint density at radius 2 is 2.16 bits per heavy atom. The molecule has 1 aromatic rings. The number of rotatable bonds is 5. The summed E-state index contributed by atoms with van der Waals surface area (Å²) in [5.41, 5.74) is 1.46. The summed E-state index contributed by atoms with van der Waals surface area (Å²) in [7, 11) is 1.37. The molecule has 0 aromatic heterocycles. The molecule has 7 heteroatoms. The normalized spacial score (nSPS) is 11.7. The van der Waals surface area contributed by atoms with Gasteiger partial charge in [-0.2, -0.15) is 0 Å². The van der Waals surface area contributed by atoms with Gasteiger partial charge in [-0.25, -0.2) is 9.59 Å². The number of benzene rings is 1. The molecule has 0 heterocycles. The van der Waals surface area contributed by atoms with Crippen molar-refractivity contribution in [1.29, 1.82) is 0 Å². The standard InChI is InChI=1S/C12H15BrN2O4/c1-7-8(13)4-3-5-9(7)14-12(18)15-10(6-19-2)11(16)17/h3-5,10H,6H2,1-2H3,(H,16,17)(H2,14,15,18). The number of carboxylic acids is 1. The van der Waals surface area contributed by atoms with Gasteiger partial charge in [-0.3, -0.25) is 0 Å². The zero-order valence-electron chi connectivity index (χ0n) is 10.6. The van der Waals surface area contributed by atoms with Gasteiger partial charge in [0.05, 0.1) is 6.61 Å². The third-order valence-corrected chi connectivity index (χ3v) is 3.31. The molecular weight excluding hydrogens is 316 g/mol. The van der Waals surface area contributed by atoms with Crippen molar-refractivity contribution in [3.63, 3.8) is 0 Å². The Hall–Kier alpha value is -1.60. The van der Waals surface area contributed by atoms with Gasteiger partial charge in [-0.1, -0.05) is 22.0 Å². The molecule has 0 radical (unpaired) electrons. The van der Waals surface area contributed by atoms with Crippen LogP contribution in [0.5, 0.6) is 0 Å². The van der Waals surface area contributed by atoms with Gasteiger partial charge in [0.15, 0.2) is 6.04 Å². The van der Waals surface area contributed by atoms with E-state index in [2.05, 4.69) is 26.6 Å². The number of hydrogen-bond donors (Lipinski definition) is 3. The SMILES string of the molecule is COCC(NC(=O)Nc1cccc(Br)c1C)C(=O)O. The molecule has 0 saturated carbocycles. The van der Waals surface area contributed by atoms with Gasteiger partial charge in [0, 0.05) is 17.3 Å². The smallest absolute Gasteiger partial charge is 0.328 e. The van der Waals surface area contributed by atoms with E-state index in [1.807, 2.05) is 13.0 Å². The van der Waals surface area contributed by atoms with Gasteiger partial charge in [-0.05, 0) is 24.6 Å². The van der Waals surface area contributed by atoms with Gasteiger partial charge in [0.25, 0.3) is 0 Å².